The largest absolute Gasteiger partial charge is 0.326 e. The number of aryl methyl sites for hydroxylation is 1. The van der Waals surface area contributed by atoms with E-state index in [0.29, 0.717) is 17.7 Å². The van der Waals surface area contributed by atoms with E-state index in [2.05, 4.69) is 12.2 Å². The summed E-state index contributed by atoms with van der Waals surface area (Å²) in [4.78, 5) is 11.4. The first-order valence-corrected chi connectivity index (χ1v) is 5.69. The second-order valence-corrected chi connectivity index (χ2v) is 3.97. The minimum atomic E-state index is -0.286. The van der Waals surface area contributed by atoms with Gasteiger partial charge in [-0.1, -0.05) is 25.8 Å². The predicted octanol–water partition coefficient (Wildman–Crippen LogP) is 3.65. The number of hydrogen-bond donors (Lipinski definition) is 1. The van der Waals surface area contributed by atoms with Gasteiger partial charge in [-0.15, -0.1) is 0 Å². The molecule has 0 aliphatic heterocycles. The summed E-state index contributed by atoms with van der Waals surface area (Å²) >= 11 is 0. The Labute approximate surface area is 95.9 Å². The molecule has 0 saturated heterocycles. The van der Waals surface area contributed by atoms with Crippen molar-refractivity contribution in [2.24, 2.45) is 0 Å². The van der Waals surface area contributed by atoms with E-state index in [1.807, 2.05) is 0 Å². The number of amides is 1. The number of hydrogen-bond acceptors (Lipinski definition) is 1. The summed E-state index contributed by atoms with van der Waals surface area (Å²) in [7, 11) is 0. The maximum Gasteiger partial charge on any atom is 0.224 e. The van der Waals surface area contributed by atoms with E-state index >= 15 is 0 Å². The number of halogens is 1. The van der Waals surface area contributed by atoms with Crippen LogP contribution in [0.2, 0.25) is 0 Å². The molecule has 1 rings (SSSR count). The van der Waals surface area contributed by atoms with Gasteiger partial charge >= 0.3 is 0 Å². The van der Waals surface area contributed by atoms with E-state index in [1.165, 1.54) is 6.07 Å². The Kier molecular flexibility index (Phi) is 4.96. The van der Waals surface area contributed by atoms with Gasteiger partial charge in [0.1, 0.15) is 5.82 Å². The molecule has 0 aliphatic rings. The third-order valence-electron chi connectivity index (χ3n) is 2.46. The quantitative estimate of drug-likeness (QED) is 0.758. The molecule has 0 heterocycles. The molecule has 0 spiro atoms. The van der Waals surface area contributed by atoms with Gasteiger partial charge in [0, 0.05) is 12.1 Å². The number of carbonyl (C=O) groups is 1. The molecule has 0 bridgehead atoms. The zero-order valence-corrected chi connectivity index (χ0v) is 9.85. The third-order valence-corrected chi connectivity index (χ3v) is 2.46. The second kappa shape index (κ2) is 6.26. The highest BCUT2D eigenvalue weighted by Gasteiger charge is 2.03. The Balaban J connectivity index is 2.46. The van der Waals surface area contributed by atoms with Gasteiger partial charge < -0.3 is 5.32 Å². The third kappa shape index (κ3) is 4.01. The van der Waals surface area contributed by atoms with E-state index in [4.69, 9.17) is 0 Å². The SMILES string of the molecule is CCCCCC(=O)Nc1ccc(C)c(F)c1. The normalized spacial score (nSPS) is 10.2. The Morgan fingerprint density at radius 2 is 2.12 bits per heavy atom. The van der Waals surface area contributed by atoms with Crippen LogP contribution in [0, 0.1) is 12.7 Å². The van der Waals surface area contributed by atoms with Crippen LogP contribution in [0.25, 0.3) is 0 Å². The van der Waals surface area contributed by atoms with Crippen molar-refractivity contribution in [2.45, 2.75) is 39.5 Å². The average molecular weight is 223 g/mol. The molecular formula is C13H18FNO. The smallest absolute Gasteiger partial charge is 0.224 e. The van der Waals surface area contributed by atoms with Crippen molar-refractivity contribution in [3.05, 3.63) is 29.6 Å². The molecule has 3 heteroatoms. The first-order chi connectivity index (χ1) is 7.63. The van der Waals surface area contributed by atoms with Crippen LogP contribution in [0.5, 0.6) is 0 Å². The van der Waals surface area contributed by atoms with Gasteiger partial charge in [0.05, 0.1) is 0 Å². The van der Waals surface area contributed by atoms with E-state index in [1.54, 1.807) is 19.1 Å². The molecule has 0 aliphatic carbocycles. The average Bonchev–Trinajstić information content (AvgIpc) is 2.24. The molecule has 2 nitrogen and oxygen atoms in total. The summed E-state index contributed by atoms with van der Waals surface area (Å²) in [6.07, 6.45) is 3.53. The number of nitrogens with one attached hydrogen (secondary N) is 1. The highest BCUT2D eigenvalue weighted by Crippen LogP contribution is 2.14. The van der Waals surface area contributed by atoms with Gasteiger partial charge in [-0.25, -0.2) is 4.39 Å². The molecule has 16 heavy (non-hydrogen) atoms. The minimum Gasteiger partial charge on any atom is -0.326 e. The molecule has 0 aromatic heterocycles. The Bertz CT molecular complexity index is 363. The van der Waals surface area contributed by atoms with Crippen molar-refractivity contribution in [3.8, 4) is 0 Å². The van der Waals surface area contributed by atoms with E-state index in [9.17, 15) is 9.18 Å². The van der Waals surface area contributed by atoms with Crippen LogP contribution >= 0.6 is 0 Å². The Morgan fingerprint density at radius 3 is 2.75 bits per heavy atom. The molecular weight excluding hydrogens is 205 g/mol. The number of anilines is 1. The van der Waals surface area contributed by atoms with Crippen LogP contribution in [0.15, 0.2) is 18.2 Å². The van der Waals surface area contributed by atoms with Gasteiger partial charge in [0.2, 0.25) is 5.91 Å². The number of rotatable bonds is 5. The summed E-state index contributed by atoms with van der Waals surface area (Å²) in [6, 6.07) is 4.74. The van der Waals surface area contributed by atoms with E-state index in [0.717, 1.165) is 19.3 Å². The molecule has 0 atom stereocenters. The van der Waals surface area contributed by atoms with Crippen molar-refractivity contribution in [3.63, 3.8) is 0 Å². The fraction of sp³-hybridized carbons (Fsp3) is 0.462. The maximum atomic E-state index is 13.2. The van der Waals surface area contributed by atoms with Crippen LogP contribution in [0.1, 0.15) is 38.2 Å². The summed E-state index contributed by atoms with van der Waals surface area (Å²) in [5.41, 5.74) is 1.12. The predicted molar refractivity (Wildman–Crippen MR) is 63.9 cm³/mol. The molecule has 1 amide bonds. The summed E-state index contributed by atoms with van der Waals surface area (Å²) in [6.45, 7) is 3.79. The number of carbonyl (C=O) groups excluding carboxylic acids is 1. The van der Waals surface area contributed by atoms with Crippen molar-refractivity contribution < 1.29 is 9.18 Å². The summed E-state index contributed by atoms with van der Waals surface area (Å²) in [5.74, 6) is -0.330. The monoisotopic (exact) mass is 223 g/mol. The molecule has 1 aromatic carbocycles. The molecule has 88 valence electrons. The molecule has 0 fully saturated rings. The van der Waals surface area contributed by atoms with Crippen molar-refractivity contribution in [1.82, 2.24) is 0 Å². The zero-order chi connectivity index (χ0) is 12.0. The van der Waals surface area contributed by atoms with Gasteiger partial charge in [0.15, 0.2) is 0 Å². The van der Waals surface area contributed by atoms with Gasteiger partial charge in [-0.3, -0.25) is 4.79 Å². The van der Waals surface area contributed by atoms with Crippen molar-refractivity contribution >= 4 is 11.6 Å². The minimum absolute atomic E-state index is 0.0447. The van der Waals surface area contributed by atoms with Crippen LogP contribution in [0.3, 0.4) is 0 Å². The second-order valence-electron chi connectivity index (χ2n) is 3.97. The van der Waals surface area contributed by atoms with Crippen LogP contribution in [-0.4, -0.2) is 5.91 Å². The topological polar surface area (TPSA) is 29.1 Å². The number of unbranched alkanes of at least 4 members (excludes halogenated alkanes) is 2. The lowest BCUT2D eigenvalue weighted by Crippen LogP contribution is -2.11. The number of benzene rings is 1. The highest BCUT2D eigenvalue weighted by molar-refractivity contribution is 5.90. The fourth-order valence-corrected chi connectivity index (χ4v) is 1.43. The lowest BCUT2D eigenvalue weighted by molar-refractivity contribution is -0.116. The molecule has 0 unspecified atom stereocenters. The maximum absolute atomic E-state index is 13.2. The van der Waals surface area contributed by atoms with E-state index in [-0.39, 0.29) is 11.7 Å². The van der Waals surface area contributed by atoms with Crippen molar-refractivity contribution in [2.75, 3.05) is 5.32 Å². The van der Waals surface area contributed by atoms with Crippen LogP contribution < -0.4 is 5.32 Å². The van der Waals surface area contributed by atoms with Crippen molar-refractivity contribution in [1.29, 1.82) is 0 Å². The lowest BCUT2D eigenvalue weighted by Gasteiger charge is -2.05. The fourth-order valence-electron chi connectivity index (χ4n) is 1.43. The molecule has 0 saturated carbocycles. The first kappa shape index (κ1) is 12.7. The standard InChI is InChI=1S/C13H18FNO/c1-3-4-5-6-13(16)15-11-8-7-10(2)12(14)9-11/h7-9H,3-6H2,1-2H3,(H,15,16). The summed E-state index contributed by atoms with van der Waals surface area (Å²) in [5, 5.41) is 2.69. The molecule has 1 N–H and O–H groups in total. The van der Waals surface area contributed by atoms with Crippen LogP contribution in [-0.2, 0) is 4.79 Å². The molecule has 1 aromatic rings. The Morgan fingerprint density at radius 1 is 1.38 bits per heavy atom. The van der Waals surface area contributed by atoms with Crippen LogP contribution in [0.4, 0.5) is 10.1 Å². The zero-order valence-electron chi connectivity index (χ0n) is 9.85. The van der Waals surface area contributed by atoms with Gasteiger partial charge in [-0.05, 0) is 31.0 Å². The summed E-state index contributed by atoms with van der Waals surface area (Å²) < 4.78 is 13.2. The first-order valence-electron chi connectivity index (χ1n) is 5.69. The molecule has 0 radical (unpaired) electrons. The van der Waals surface area contributed by atoms with E-state index < -0.39 is 0 Å². The lowest BCUT2D eigenvalue weighted by atomic mass is 10.2. The van der Waals surface area contributed by atoms with Gasteiger partial charge in [0.25, 0.3) is 0 Å². The Hall–Kier alpha value is -1.38. The van der Waals surface area contributed by atoms with Gasteiger partial charge in [-0.2, -0.15) is 0 Å². The highest BCUT2D eigenvalue weighted by atomic mass is 19.1.